The van der Waals surface area contributed by atoms with Crippen LogP contribution in [-0.4, -0.2) is 82.9 Å². The Morgan fingerprint density at radius 3 is 2.52 bits per heavy atom. The molecule has 0 saturated heterocycles. The number of aliphatic hydroxyl groups is 2. The first-order chi connectivity index (χ1) is 22.0. The van der Waals surface area contributed by atoms with Gasteiger partial charge in [0.2, 0.25) is 5.79 Å². The number of amides is 1. The van der Waals surface area contributed by atoms with Gasteiger partial charge in [0, 0.05) is 37.7 Å². The van der Waals surface area contributed by atoms with Crippen molar-refractivity contribution in [3.8, 4) is 11.5 Å². The summed E-state index contributed by atoms with van der Waals surface area (Å²) in [6.07, 6.45) is 9.23. The highest BCUT2D eigenvalue weighted by atomic mass is 16.7. The van der Waals surface area contributed by atoms with Crippen LogP contribution in [0.4, 0.5) is 4.79 Å². The number of ether oxygens (including phenoxy) is 3. The first-order valence-corrected chi connectivity index (χ1v) is 16.8. The Morgan fingerprint density at radius 1 is 1.17 bits per heavy atom. The number of phenolic OH excluding ortho intramolecular Hbond substituents is 1. The molecule has 1 aliphatic heterocycles. The summed E-state index contributed by atoms with van der Waals surface area (Å²) >= 11 is 0. The van der Waals surface area contributed by atoms with Gasteiger partial charge in [-0.2, -0.15) is 0 Å². The van der Waals surface area contributed by atoms with Crippen molar-refractivity contribution in [3.05, 3.63) is 48.1 Å². The molecule has 0 unspecified atom stereocenters. The lowest BCUT2D eigenvalue weighted by molar-refractivity contribution is -0.255. The molecule has 0 aromatic heterocycles. The van der Waals surface area contributed by atoms with E-state index in [0.29, 0.717) is 38.0 Å². The fourth-order valence-electron chi connectivity index (χ4n) is 7.58. The average Bonchev–Trinajstić information content (AvgIpc) is 3.02. The largest absolute Gasteiger partial charge is 0.508 e. The summed E-state index contributed by atoms with van der Waals surface area (Å²) in [6.45, 7) is 12.6. The Hall–Kier alpha value is -3.08. The molecule has 256 valence electrons. The summed E-state index contributed by atoms with van der Waals surface area (Å²) in [6, 6.07) is 4.57. The first kappa shape index (κ1) is 35.8. The third-order valence-corrected chi connectivity index (χ3v) is 9.34. The standard InChI is InChI=1S/C36H54N2O8/c1-7-17-38(34(42)43-6)31-23-29(37-46-35(3,4)5)27-21-24(13-9-11-18-39)26(14-10-12-19-40)32-28-22-25(41)15-16-30(28)45-36(31,33(27)32)44-20-8-2/h8,15-16,21-22,24,26,31-33,39-41H,2,7,9-14,17-20,23H2,1,3-6H3/t24-,26+,31-,32+,33+,36+/m0/s1. The topological polar surface area (TPSA) is 130 Å². The molecule has 1 amide bonds. The second-order valence-electron chi connectivity index (χ2n) is 13.7. The zero-order valence-electron chi connectivity index (χ0n) is 28.2. The maximum atomic E-state index is 13.5. The molecule has 3 N–H and O–H groups in total. The van der Waals surface area contributed by atoms with Crippen molar-refractivity contribution in [2.45, 2.75) is 102 Å². The zero-order chi connectivity index (χ0) is 33.5. The molecule has 1 aromatic rings. The molecule has 0 radical (unpaired) electrons. The molecule has 10 nitrogen and oxygen atoms in total. The van der Waals surface area contributed by atoms with Gasteiger partial charge in [0.1, 0.15) is 23.1 Å². The smallest absolute Gasteiger partial charge is 0.409 e. The van der Waals surface area contributed by atoms with Crippen LogP contribution in [0.1, 0.15) is 90.5 Å². The summed E-state index contributed by atoms with van der Waals surface area (Å²) in [5.41, 5.74) is 2.01. The van der Waals surface area contributed by atoms with Gasteiger partial charge < -0.3 is 34.4 Å². The van der Waals surface area contributed by atoms with Crippen molar-refractivity contribution in [1.29, 1.82) is 0 Å². The number of aromatic hydroxyl groups is 1. The second kappa shape index (κ2) is 15.7. The minimum atomic E-state index is -1.33. The van der Waals surface area contributed by atoms with Crippen LogP contribution in [0, 0.1) is 17.8 Å². The Morgan fingerprint density at radius 2 is 1.89 bits per heavy atom. The molecule has 2 aliphatic carbocycles. The Bertz CT molecular complexity index is 1260. The van der Waals surface area contributed by atoms with Gasteiger partial charge in [0.15, 0.2) is 0 Å². The molecule has 1 aromatic carbocycles. The molecule has 1 saturated carbocycles. The highest BCUT2D eigenvalue weighted by Gasteiger charge is 2.65. The van der Waals surface area contributed by atoms with Gasteiger partial charge in [-0.05, 0) is 88.5 Å². The molecular weight excluding hydrogens is 588 g/mol. The molecule has 1 heterocycles. The lowest BCUT2D eigenvalue weighted by atomic mass is 9.55. The van der Waals surface area contributed by atoms with Crippen LogP contribution in [0.2, 0.25) is 0 Å². The number of rotatable bonds is 15. The van der Waals surface area contributed by atoms with Crippen LogP contribution in [0.3, 0.4) is 0 Å². The van der Waals surface area contributed by atoms with E-state index in [1.54, 1.807) is 29.2 Å². The highest BCUT2D eigenvalue weighted by Crippen LogP contribution is 2.61. The molecule has 1 fully saturated rings. The number of carbonyl (C=O) groups is 1. The monoisotopic (exact) mass is 642 g/mol. The van der Waals surface area contributed by atoms with Crippen molar-refractivity contribution in [2.75, 3.05) is 33.5 Å². The highest BCUT2D eigenvalue weighted by molar-refractivity contribution is 6.03. The number of aliphatic hydroxyl groups excluding tert-OH is 2. The summed E-state index contributed by atoms with van der Waals surface area (Å²) in [7, 11) is 1.38. The normalized spacial score (nSPS) is 27.6. The van der Waals surface area contributed by atoms with E-state index in [9.17, 15) is 20.1 Å². The van der Waals surface area contributed by atoms with Crippen LogP contribution < -0.4 is 4.74 Å². The second-order valence-corrected chi connectivity index (χ2v) is 13.7. The van der Waals surface area contributed by atoms with Gasteiger partial charge in [0.05, 0.1) is 25.3 Å². The Labute approximate surface area is 274 Å². The van der Waals surface area contributed by atoms with E-state index >= 15 is 0 Å². The molecule has 3 aliphatic rings. The average molecular weight is 643 g/mol. The summed E-state index contributed by atoms with van der Waals surface area (Å²) in [4.78, 5) is 21.3. The first-order valence-electron chi connectivity index (χ1n) is 16.8. The predicted molar refractivity (Wildman–Crippen MR) is 177 cm³/mol. The number of nitrogens with zero attached hydrogens (tertiary/aromatic N) is 2. The fraction of sp³-hybridized carbons (Fsp3) is 0.667. The van der Waals surface area contributed by atoms with Gasteiger partial charge in [-0.1, -0.05) is 37.1 Å². The van der Waals surface area contributed by atoms with Crippen LogP contribution in [-0.2, 0) is 14.3 Å². The van der Waals surface area contributed by atoms with E-state index < -0.39 is 29.4 Å². The lowest BCUT2D eigenvalue weighted by Gasteiger charge is -2.59. The number of carbonyl (C=O) groups excluding carboxylic acids is 1. The van der Waals surface area contributed by atoms with Crippen LogP contribution in [0.25, 0.3) is 0 Å². The third-order valence-electron chi connectivity index (χ3n) is 9.34. The van der Waals surface area contributed by atoms with E-state index in [0.717, 1.165) is 42.5 Å². The molecular formula is C36H54N2O8. The molecule has 6 atom stereocenters. The van der Waals surface area contributed by atoms with Crippen LogP contribution >= 0.6 is 0 Å². The van der Waals surface area contributed by atoms with E-state index in [-0.39, 0.29) is 43.3 Å². The van der Waals surface area contributed by atoms with Crippen molar-refractivity contribution in [3.63, 3.8) is 0 Å². The number of phenols is 1. The van der Waals surface area contributed by atoms with Crippen molar-refractivity contribution in [2.24, 2.45) is 22.9 Å². The number of hydrogen-bond donors (Lipinski definition) is 3. The SMILES string of the molecule is C=CCO[C@@]12Oc3ccc(O)cc3[C@H]3[C@H](CCCCO)[C@@H](CCCCO)C=C(C(=NOC(C)(C)C)C[C@@H]1N(CCC)C(=O)OC)[C@H]32. The molecule has 46 heavy (non-hydrogen) atoms. The number of fused-ring (bicyclic) bond motifs is 2. The number of oxime groups is 1. The quantitative estimate of drug-likeness (QED) is 0.115. The number of benzene rings is 1. The number of hydrogen-bond acceptors (Lipinski definition) is 9. The van der Waals surface area contributed by atoms with Crippen LogP contribution in [0.15, 0.2) is 47.7 Å². The minimum absolute atomic E-state index is 0.0939. The van der Waals surface area contributed by atoms with Crippen LogP contribution in [0.5, 0.6) is 11.5 Å². The summed E-state index contributed by atoms with van der Waals surface area (Å²) < 4.78 is 19.2. The van der Waals surface area contributed by atoms with Crippen molar-refractivity contribution < 1.29 is 39.2 Å². The van der Waals surface area contributed by atoms with E-state index in [1.165, 1.54) is 7.11 Å². The van der Waals surface area contributed by atoms with E-state index in [1.807, 2.05) is 27.7 Å². The van der Waals surface area contributed by atoms with Crippen molar-refractivity contribution >= 4 is 11.8 Å². The maximum absolute atomic E-state index is 13.5. The van der Waals surface area contributed by atoms with E-state index in [4.69, 9.17) is 24.2 Å². The fourth-order valence-corrected chi connectivity index (χ4v) is 7.58. The molecule has 0 bridgehead atoms. The number of methoxy groups -OCH3 is 1. The van der Waals surface area contributed by atoms with Gasteiger partial charge in [-0.25, -0.2) is 4.79 Å². The van der Waals surface area contributed by atoms with Gasteiger partial charge in [-0.15, -0.1) is 6.58 Å². The number of unbranched alkanes of at least 4 members (excludes halogenated alkanes) is 2. The molecule has 4 rings (SSSR count). The predicted octanol–water partition coefficient (Wildman–Crippen LogP) is 6.30. The maximum Gasteiger partial charge on any atom is 0.409 e. The molecule has 10 heteroatoms. The van der Waals surface area contributed by atoms with Gasteiger partial charge in [0.25, 0.3) is 0 Å². The molecule has 0 spiro atoms. The summed E-state index contributed by atoms with van der Waals surface area (Å²) in [5.74, 6) is -0.967. The van der Waals surface area contributed by atoms with Crippen molar-refractivity contribution in [1.82, 2.24) is 4.90 Å². The minimum Gasteiger partial charge on any atom is -0.508 e. The zero-order valence-corrected chi connectivity index (χ0v) is 28.2. The van der Waals surface area contributed by atoms with Gasteiger partial charge >= 0.3 is 6.09 Å². The Kier molecular flexibility index (Phi) is 12.2. The summed E-state index contributed by atoms with van der Waals surface area (Å²) in [5, 5.41) is 34.9. The Balaban J connectivity index is 2.04. The third kappa shape index (κ3) is 7.55. The lowest BCUT2D eigenvalue weighted by Crippen LogP contribution is -2.70. The number of allylic oxidation sites excluding steroid dienone is 1. The van der Waals surface area contributed by atoms with Gasteiger partial charge in [-0.3, -0.25) is 4.90 Å². The van der Waals surface area contributed by atoms with E-state index in [2.05, 4.69) is 12.7 Å².